The first kappa shape index (κ1) is 16.3. The van der Waals surface area contributed by atoms with E-state index in [0.29, 0.717) is 6.04 Å². The third-order valence-electron chi connectivity index (χ3n) is 4.99. The summed E-state index contributed by atoms with van der Waals surface area (Å²) in [5.74, 6) is 2.81. The number of fused-ring (bicyclic) bond motifs is 1. The number of anilines is 2. The Kier molecular flexibility index (Phi) is 4.30. The van der Waals surface area contributed by atoms with Gasteiger partial charge in [-0.05, 0) is 6.07 Å². The summed E-state index contributed by atoms with van der Waals surface area (Å²) in [7, 11) is 5.97. The van der Waals surface area contributed by atoms with Gasteiger partial charge >= 0.3 is 0 Å². The zero-order valence-corrected chi connectivity index (χ0v) is 15.0. The average Bonchev–Trinajstić information content (AvgIpc) is 3.21. The molecule has 4 heterocycles. The van der Waals surface area contributed by atoms with Crippen molar-refractivity contribution in [2.75, 3.05) is 50.1 Å². The van der Waals surface area contributed by atoms with Crippen molar-refractivity contribution in [3.63, 3.8) is 0 Å². The van der Waals surface area contributed by atoms with E-state index in [-0.39, 0.29) is 6.10 Å². The van der Waals surface area contributed by atoms with Crippen LogP contribution in [-0.4, -0.2) is 76.9 Å². The Bertz CT molecular complexity index is 731. The van der Waals surface area contributed by atoms with Gasteiger partial charge in [0.1, 0.15) is 11.6 Å². The molecule has 2 aliphatic heterocycles. The Morgan fingerprint density at radius 3 is 2.88 bits per heavy atom. The third kappa shape index (κ3) is 3.19. The Morgan fingerprint density at radius 2 is 2.12 bits per heavy atom. The van der Waals surface area contributed by atoms with Crippen LogP contribution in [0.3, 0.4) is 0 Å². The number of nitrogens with zero attached hydrogens (tertiary/aromatic N) is 7. The first-order chi connectivity index (χ1) is 12.1. The summed E-state index contributed by atoms with van der Waals surface area (Å²) in [5.41, 5.74) is 0. The summed E-state index contributed by atoms with van der Waals surface area (Å²) < 4.78 is 8.12. The normalized spacial score (nSPS) is 23.7. The minimum Gasteiger partial charge on any atom is -0.373 e. The van der Waals surface area contributed by atoms with Gasteiger partial charge in [0, 0.05) is 59.4 Å². The third-order valence-corrected chi connectivity index (χ3v) is 4.99. The highest BCUT2D eigenvalue weighted by Gasteiger charge is 2.41. The van der Waals surface area contributed by atoms with E-state index in [9.17, 15) is 0 Å². The lowest BCUT2D eigenvalue weighted by molar-refractivity contribution is 0.0302. The molecule has 2 atom stereocenters. The smallest absolute Gasteiger partial charge is 0.226 e. The van der Waals surface area contributed by atoms with E-state index >= 15 is 0 Å². The molecule has 0 aromatic carbocycles. The fraction of sp³-hybridized carbons (Fsp3) is 0.588. The number of likely N-dealkylation sites (tertiary alicyclic amines) is 1. The molecule has 0 saturated carbocycles. The van der Waals surface area contributed by atoms with Gasteiger partial charge in [-0.25, -0.2) is 9.97 Å². The molecule has 2 saturated heterocycles. The van der Waals surface area contributed by atoms with Crippen molar-refractivity contribution >= 4 is 11.8 Å². The number of rotatable bonds is 4. The molecule has 2 aliphatic rings. The van der Waals surface area contributed by atoms with Crippen LogP contribution in [0.5, 0.6) is 0 Å². The summed E-state index contributed by atoms with van der Waals surface area (Å²) in [6, 6.07) is 2.32. The van der Waals surface area contributed by atoms with Gasteiger partial charge in [0.05, 0.1) is 25.3 Å². The number of ether oxygens (including phenoxy) is 1. The van der Waals surface area contributed by atoms with Gasteiger partial charge in [-0.2, -0.15) is 4.98 Å². The maximum absolute atomic E-state index is 6.05. The predicted octanol–water partition coefficient (Wildman–Crippen LogP) is 0.366. The zero-order valence-electron chi connectivity index (χ0n) is 15.0. The van der Waals surface area contributed by atoms with Gasteiger partial charge in [-0.1, -0.05) is 0 Å². The fourth-order valence-electron chi connectivity index (χ4n) is 3.64. The molecule has 134 valence electrons. The lowest BCUT2D eigenvalue weighted by Gasteiger charge is -2.37. The van der Waals surface area contributed by atoms with Crippen LogP contribution in [-0.2, 0) is 18.3 Å². The zero-order chi connectivity index (χ0) is 17.4. The van der Waals surface area contributed by atoms with Crippen LogP contribution in [0.25, 0.3) is 0 Å². The largest absolute Gasteiger partial charge is 0.373 e. The quantitative estimate of drug-likeness (QED) is 0.794. The van der Waals surface area contributed by atoms with Gasteiger partial charge in [0.2, 0.25) is 5.95 Å². The molecular weight excluding hydrogens is 318 g/mol. The van der Waals surface area contributed by atoms with E-state index in [1.807, 2.05) is 50.7 Å². The van der Waals surface area contributed by atoms with Crippen LogP contribution in [0.1, 0.15) is 5.82 Å². The van der Waals surface area contributed by atoms with Crippen molar-refractivity contribution in [3.8, 4) is 0 Å². The van der Waals surface area contributed by atoms with Gasteiger partial charge in [0.15, 0.2) is 0 Å². The average molecular weight is 343 g/mol. The van der Waals surface area contributed by atoms with Gasteiger partial charge < -0.3 is 19.1 Å². The van der Waals surface area contributed by atoms with E-state index in [4.69, 9.17) is 9.72 Å². The highest BCUT2D eigenvalue weighted by atomic mass is 16.5. The number of morpholine rings is 1. The lowest BCUT2D eigenvalue weighted by Crippen LogP contribution is -2.51. The Hall–Kier alpha value is -2.19. The molecule has 2 aromatic rings. The Labute approximate surface area is 148 Å². The monoisotopic (exact) mass is 343 g/mol. The highest BCUT2D eigenvalue weighted by Crippen LogP contribution is 2.28. The molecule has 0 unspecified atom stereocenters. The van der Waals surface area contributed by atoms with E-state index < -0.39 is 0 Å². The van der Waals surface area contributed by atoms with Crippen LogP contribution >= 0.6 is 0 Å². The first-order valence-corrected chi connectivity index (χ1v) is 8.69. The molecule has 4 rings (SSSR count). The number of imidazole rings is 1. The minimum atomic E-state index is 0.215. The van der Waals surface area contributed by atoms with Crippen molar-refractivity contribution in [1.29, 1.82) is 0 Å². The van der Waals surface area contributed by atoms with Crippen LogP contribution in [0.2, 0.25) is 0 Å². The summed E-state index contributed by atoms with van der Waals surface area (Å²) in [6.07, 6.45) is 5.89. The molecule has 8 heteroatoms. The number of hydrogen-bond donors (Lipinski definition) is 0. The molecule has 2 fully saturated rings. The van der Waals surface area contributed by atoms with Gasteiger partial charge in [-0.3, -0.25) is 4.90 Å². The maximum Gasteiger partial charge on any atom is 0.226 e. The number of aryl methyl sites for hydroxylation is 1. The second-order valence-electron chi connectivity index (χ2n) is 6.93. The van der Waals surface area contributed by atoms with Gasteiger partial charge in [0.25, 0.3) is 0 Å². The molecule has 2 aromatic heterocycles. The standard InChI is InChI=1S/C17H25N7O/c1-21(2)17-19-5-4-15(20-17)24-8-9-25-14-11-23(10-13(14)24)12-16-18-6-7-22(16)3/h4-7,13-14H,8-12H2,1-3H3/t13-,14+/m0/s1. The molecule has 0 radical (unpaired) electrons. The Balaban J connectivity index is 1.51. The van der Waals surface area contributed by atoms with Crippen LogP contribution < -0.4 is 9.80 Å². The lowest BCUT2D eigenvalue weighted by atomic mass is 10.1. The number of hydrogen-bond acceptors (Lipinski definition) is 7. The van der Waals surface area contributed by atoms with Crippen molar-refractivity contribution in [2.45, 2.75) is 18.7 Å². The molecule has 0 aliphatic carbocycles. The highest BCUT2D eigenvalue weighted by molar-refractivity contribution is 5.45. The number of aromatic nitrogens is 4. The summed E-state index contributed by atoms with van der Waals surface area (Å²) >= 11 is 0. The van der Waals surface area contributed by atoms with Crippen molar-refractivity contribution in [2.24, 2.45) is 7.05 Å². The summed E-state index contributed by atoms with van der Waals surface area (Å²) in [5, 5.41) is 0. The molecule has 0 N–H and O–H groups in total. The van der Waals surface area contributed by atoms with Crippen molar-refractivity contribution in [1.82, 2.24) is 24.4 Å². The van der Waals surface area contributed by atoms with Crippen molar-refractivity contribution in [3.05, 3.63) is 30.5 Å². The second-order valence-corrected chi connectivity index (χ2v) is 6.93. The van der Waals surface area contributed by atoms with Crippen LogP contribution in [0, 0.1) is 0 Å². The molecule has 8 nitrogen and oxygen atoms in total. The van der Waals surface area contributed by atoms with E-state index in [1.165, 1.54) is 0 Å². The van der Waals surface area contributed by atoms with Crippen LogP contribution in [0.15, 0.2) is 24.7 Å². The molecule has 25 heavy (non-hydrogen) atoms. The fourth-order valence-corrected chi connectivity index (χ4v) is 3.64. The summed E-state index contributed by atoms with van der Waals surface area (Å²) in [6.45, 7) is 4.33. The molecule has 0 spiro atoms. The first-order valence-electron chi connectivity index (χ1n) is 8.69. The Morgan fingerprint density at radius 1 is 1.24 bits per heavy atom. The molecule has 0 bridgehead atoms. The van der Waals surface area contributed by atoms with Crippen LogP contribution in [0.4, 0.5) is 11.8 Å². The second kappa shape index (κ2) is 6.61. The van der Waals surface area contributed by atoms with E-state index in [0.717, 1.165) is 50.4 Å². The van der Waals surface area contributed by atoms with E-state index in [2.05, 4.69) is 24.3 Å². The van der Waals surface area contributed by atoms with E-state index in [1.54, 1.807) is 0 Å². The van der Waals surface area contributed by atoms with Gasteiger partial charge in [-0.15, -0.1) is 0 Å². The molecular formula is C17H25N7O. The topological polar surface area (TPSA) is 62.6 Å². The van der Waals surface area contributed by atoms with Crippen molar-refractivity contribution < 1.29 is 4.74 Å². The minimum absolute atomic E-state index is 0.215. The SMILES string of the molecule is CN(C)c1nccc(N2CCO[C@@H]3CN(Cc4nccn4C)C[C@@H]32)n1. The maximum atomic E-state index is 6.05. The summed E-state index contributed by atoms with van der Waals surface area (Å²) in [4.78, 5) is 20.2. The molecule has 0 amide bonds. The predicted molar refractivity (Wildman–Crippen MR) is 95.7 cm³/mol.